The van der Waals surface area contributed by atoms with E-state index < -0.39 is 10.8 Å². The Morgan fingerprint density at radius 2 is 1.57 bits per heavy atom. The van der Waals surface area contributed by atoms with Crippen molar-refractivity contribution in [2.24, 2.45) is 0 Å². The third-order valence-electron chi connectivity index (χ3n) is 4.68. The van der Waals surface area contributed by atoms with Gasteiger partial charge in [0.15, 0.2) is 0 Å². The second kappa shape index (κ2) is 9.83. The molecule has 0 spiro atoms. The van der Waals surface area contributed by atoms with Crippen LogP contribution < -0.4 is 4.74 Å². The zero-order valence-electron chi connectivity index (χ0n) is 16.8. The third-order valence-corrected chi connectivity index (χ3v) is 6.82. The summed E-state index contributed by atoms with van der Waals surface area (Å²) in [4.78, 5) is 4.58. The monoisotopic (exact) mass is 433 g/mol. The molecule has 0 saturated carbocycles. The summed E-state index contributed by atoms with van der Waals surface area (Å²) >= 11 is 1.55. The lowest BCUT2D eigenvalue weighted by atomic mass is 10.0. The molecule has 1 aromatic heterocycles. The highest BCUT2D eigenvalue weighted by molar-refractivity contribution is 7.83. The Morgan fingerprint density at radius 3 is 2.30 bits per heavy atom. The first-order valence-corrected chi connectivity index (χ1v) is 12.1. The van der Waals surface area contributed by atoms with Gasteiger partial charge in [-0.3, -0.25) is 4.21 Å². The van der Waals surface area contributed by atoms with Gasteiger partial charge in [-0.1, -0.05) is 72.3 Å². The van der Waals surface area contributed by atoms with E-state index in [0.717, 1.165) is 22.0 Å². The van der Waals surface area contributed by atoms with Gasteiger partial charge in [-0.2, -0.15) is 0 Å². The van der Waals surface area contributed by atoms with Crippen LogP contribution >= 0.6 is 11.3 Å². The molecule has 1 heterocycles. The molecule has 0 saturated heterocycles. The van der Waals surface area contributed by atoms with Crippen molar-refractivity contribution in [1.29, 1.82) is 0 Å². The fourth-order valence-electron chi connectivity index (χ4n) is 3.09. The van der Waals surface area contributed by atoms with Gasteiger partial charge in [0, 0.05) is 21.9 Å². The van der Waals surface area contributed by atoms with Gasteiger partial charge in [0.25, 0.3) is 0 Å². The zero-order valence-corrected chi connectivity index (χ0v) is 18.4. The molecular formula is C25H23NO2S2. The van der Waals surface area contributed by atoms with E-state index in [1.165, 1.54) is 16.7 Å². The van der Waals surface area contributed by atoms with Gasteiger partial charge < -0.3 is 4.74 Å². The number of aromatic nitrogens is 1. The van der Waals surface area contributed by atoms with Crippen molar-refractivity contribution in [3.8, 4) is 16.9 Å². The van der Waals surface area contributed by atoms with Gasteiger partial charge in [0.05, 0.1) is 11.4 Å². The second-order valence-corrected chi connectivity index (χ2v) is 9.53. The standard InChI is InChI=1S/C25H23NO2S2/c1-19-7-13-24(14-8-19)28-15-25-26-23(16-29-25)18-30(27)17-20-9-11-22(12-10-20)21-5-3-2-4-6-21/h2-14,16H,15,17-18H2,1H3. The lowest BCUT2D eigenvalue weighted by Gasteiger charge is -2.05. The summed E-state index contributed by atoms with van der Waals surface area (Å²) in [6.45, 7) is 2.48. The number of aryl methyl sites for hydroxylation is 1. The summed E-state index contributed by atoms with van der Waals surface area (Å²) in [5.41, 5.74) is 5.50. The van der Waals surface area contributed by atoms with Crippen molar-refractivity contribution >= 4 is 22.1 Å². The first-order chi connectivity index (χ1) is 14.7. The van der Waals surface area contributed by atoms with Crippen molar-refractivity contribution in [3.63, 3.8) is 0 Å². The predicted octanol–water partition coefficient (Wildman–Crippen LogP) is 6.15. The van der Waals surface area contributed by atoms with Crippen molar-refractivity contribution in [2.75, 3.05) is 0 Å². The van der Waals surface area contributed by atoms with Crippen LogP contribution in [0.25, 0.3) is 11.1 Å². The van der Waals surface area contributed by atoms with Crippen LogP contribution in [0.1, 0.15) is 21.8 Å². The maximum Gasteiger partial charge on any atom is 0.140 e. The van der Waals surface area contributed by atoms with Crippen LogP contribution in [0.2, 0.25) is 0 Å². The summed E-state index contributed by atoms with van der Waals surface area (Å²) < 4.78 is 18.4. The Bertz CT molecular complexity index is 1100. The average molecular weight is 434 g/mol. The molecule has 0 fully saturated rings. The highest BCUT2D eigenvalue weighted by Gasteiger charge is 2.09. The SMILES string of the molecule is Cc1ccc(OCc2nc(CS(=O)Cc3ccc(-c4ccccc4)cc3)cs2)cc1. The van der Waals surface area contributed by atoms with Gasteiger partial charge >= 0.3 is 0 Å². The minimum atomic E-state index is -0.999. The second-order valence-electron chi connectivity index (χ2n) is 7.13. The lowest BCUT2D eigenvalue weighted by molar-refractivity contribution is 0.305. The van der Waals surface area contributed by atoms with Crippen LogP contribution in [0.4, 0.5) is 0 Å². The predicted molar refractivity (Wildman–Crippen MR) is 125 cm³/mol. The highest BCUT2D eigenvalue weighted by Crippen LogP contribution is 2.21. The summed E-state index contributed by atoms with van der Waals surface area (Å²) in [6, 6.07) is 26.5. The van der Waals surface area contributed by atoms with E-state index >= 15 is 0 Å². The average Bonchev–Trinajstić information content (AvgIpc) is 3.21. The fraction of sp³-hybridized carbons (Fsp3) is 0.160. The summed E-state index contributed by atoms with van der Waals surface area (Å²) in [5, 5.41) is 2.87. The first kappa shape index (κ1) is 20.5. The molecule has 5 heteroatoms. The van der Waals surface area contributed by atoms with Gasteiger partial charge in [-0.15, -0.1) is 11.3 Å². The molecule has 0 amide bonds. The van der Waals surface area contributed by atoms with Crippen LogP contribution in [0.15, 0.2) is 84.2 Å². The number of hydrogen-bond acceptors (Lipinski definition) is 4. The maximum absolute atomic E-state index is 12.6. The van der Waals surface area contributed by atoms with E-state index in [0.29, 0.717) is 18.1 Å². The highest BCUT2D eigenvalue weighted by atomic mass is 32.2. The van der Waals surface area contributed by atoms with Gasteiger partial charge in [0.2, 0.25) is 0 Å². The molecule has 4 aromatic rings. The Hall–Kier alpha value is -2.76. The maximum atomic E-state index is 12.6. The van der Waals surface area contributed by atoms with Gasteiger partial charge in [-0.05, 0) is 35.7 Å². The summed E-state index contributed by atoms with van der Waals surface area (Å²) in [6.07, 6.45) is 0. The largest absolute Gasteiger partial charge is 0.486 e. The molecule has 0 bridgehead atoms. The van der Waals surface area contributed by atoms with E-state index in [-0.39, 0.29) is 0 Å². The Balaban J connectivity index is 1.29. The molecule has 1 atom stereocenters. The normalized spacial score (nSPS) is 11.9. The quantitative estimate of drug-likeness (QED) is 0.335. The van der Waals surface area contributed by atoms with Crippen LogP contribution in [0.5, 0.6) is 5.75 Å². The molecule has 0 aliphatic carbocycles. The number of rotatable bonds is 8. The molecule has 0 N–H and O–H groups in total. The molecule has 0 aliphatic heterocycles. The van der Waals surface area contributed by atoms with Crippen molar-refractivity contribution in [3.05, 3.63) is 106 Å². The number of benzene rings is 3. The molecule has 0 aliphatic rings. The van der Waals surface area contributed by atoms with Crippen molar-refractivity contribution < 1.29 is 8.95 Å². The van der Waals surface area contributed by atoms with Crippen molar-refractivity contribution in [1.82, 2.24) is 4.98 Å². The van der Waals surface area contributed by atoms with E-state index in [1.54, 1.807) is 11.3 Å². The van der Waals surface area contributed by atoms with E-state index in [4.69, 9.17) is 4.74 Å². The number of ether oxygens (including phenoxy) is 1. The lowest BCUT2D eigenvalue weighted by Crippen LogP contribution is -2.01. The topological polar surface area (TPSA) is 39.2 Å². The Kier molecular flexibility index (Phi) is 6.72. The summed E-state index contributed by atoms with van der Waals surface area (Å²) in [7, 11) is -0.999. The number of thiazole rings is 1. The molecule has 1 unspecified atom stereocenters. The molecule has 3 aromatic carbocycles. The fourth-order valence-corrected chi connectivity index (χ4v) is 5.04. The molecule has 152 valence electrons. The molecular weight excluding hydrogens is 410 g/mol. The van der Waals surface area contributed by atoms with Crippen LogP contribution in [0, 0.1) is 6.92 Å². The smallest absolute Gasteiger partial charge is 0.140 e. The Labute approximate surface area is 183 Å². The number of hydrogen-bond donors (Lipinski definition) is 0. The van der Waals surface area contributed by atoms with E-state index in [9.17, 15) is 4.21 Å². The summed E-state index contributed by atoms with van der Waals surface area (Å²) in [5.74, 6) is 1.82. The van der Waals surface area contributed by atoms with E-state index in [1.807, 2.05) is 47.8 Å². The first-order valence-electron chi connectivity index (χ1n) is 9.78. The third kappa shape index (κ3) is 5.65. The molecule has 30 heavy (non-hydrogen) atoms. The molecule has 3 nitrogen and oxygen atoms in total. The van der Waals surface area contributed by atoms with Crippen LogP contribution in [-0.4, -0.2) is 9.19 Å². The van der Waals surface area contributed by atoms with Gasteiger partial charge in [0.1, 0.15) is 17.4 Å². The minimum Gasteiger partial charge on any atom is -0.486 e. The molecule has 0 radical (unpaired) electrons. The van der Waals surface area contributed by atoms with E-state index in [2.05, 4.69) is 48.3 Å². The number of nitrogens with zero attached hydrogens (tertiary/aromatic N) is 1. The van der Waals surface area contributed by atoms with Crippen LogP contribution in [-0.2, 0) is 28.9 Å². The van der Waals surface area contributed by atoms with Crippen LogP contribution in [0.3, 0.4) is 0 Å². The minimum absolute atomic E-state index is 0.432. The van der Waals surface area contributed by atoms with Gasteiger partial charge in [-0.25, -0.2) is 4.98 Å². The van der Waals surface area contributed by atoms with Crippen molar-refractivity contribution in [2.45, 2.75) is 25.0 Å². The Morgan fingerprint density at radius 1 is 0.867 bits per heavy atom. The molecule has 4 rings (SSSR count). The zero-order chi connectivity index (χ0) is 20.8.